The van der Waals surface area contributed by atoms with Crippen LogP contribution in [0.15, 0.2) is 0 Å². The van der Waals surface area contributed by atoms with Crippen molar-refractivity contribution in [2.45, 2.75) is 116 Å². The first-order chi connectivity index (χ1) is 12.9. The molecule has 0 heterocycles. The average molecular weight is 389 g/mol. The molecule has 0 aliphatic heterocycles. The van der Waals surface area contributed by atoms with E-state index in [0.29, 0.717) is 18.8 Å². The number of unbranched alkanes of at least 4 members (excludes halogenated alkanes) is 1. The Hall–Kier alpha value is -0.250. The summed E-state index contributed by atoms with van der Waals surface area (Å²) in [7, 11) is 0. The molecule has 0 saturated heterocycles. The van der Waals surface area contributed by atoms with Gasteiger partial charge in [-0.2, -0.15) is 0 Å². The Kier molecular flexibility index (Phi) is 7.93. The van der Waals surface area contributed by atoms with Gasteiger partial charge in [0.2, 0.25) is 0 Å². The molecule has 4 heteroatoms. The standard InChI is InChI=1S/C23H39F3O/c1-2-3-4-17-5-7-18(8-6-17)19-9-11-20(12-10-19)21-13-15-22(16-14-21)27-23(24,25)26/h17-22H,2-16H2,1H3. The highest BCUT2D eigenvalue weighted by molar-refractivity contribution is 4.86. The van der Waals surface area contributed by atoms with Crippen LogP contribution in [0.2, 0.25) is 0 Å². The second kappa shape index (κ2) is 9.98. The summed E-state index contributed by atoms with van der Waals surface area (Å²) in [5, 5.41) is 0. The van der Waals surface area contributed by atoms with Crippen LogP contribution in [0, 0.1) is 29.6 Å². The molecule has 0 aromatic carbocycles. The molecule has 0 bridgehead atoms. The molecule has 0 amide bonds. The zero-order valence-electron chi connectivity index (χ0n) is 17.1. The van der Waals surface area contributed by atoms with E-state index in [9.17, 15) is 13.2 Å². The Bertz CT molecular complexity index is 412. The van der Waals surface area contributed by atoms with Crippen molar-refractivity contribution in [3.05, 3.63) is 0 Å². The third kappa shape index (κ3) is 6.65. The van der Waals surface area contributed by atoms with Crippen molar-refractivity contribution >= 4 is 0 Å². The largest absolute Gasteiger partial charge is 0.522 e. The van der Waals surface area contributed by atoms with E-state index in [1.807, 2.05) is 0 Å². The van der Waals surface area contributed by atoms with Gasteiger partial charge in [0.1, 0.15) is 0 Å². The Morgan fingerprint density at radius 1 is 0.667 bits per heavy atom. The number of hydrogen-bond donors (Lipinski definition) is 0. The number of halogens is 3. The summed E-state index contributed by atoms with van der Waals surface area (Å²) in [6.07, 6.45) is 13.3. The molecule has 0 unspecified atom stereocenters. The maximum atomic E-state index is 12.4. The van der Waals surface area contributed by atoms with Crippen molar-refractivity contribution in [3.63, 3.8) is 0 Å². The molecule has 158 valence electrons. The minimum Gasteiger partial charge on any atom is -0.289 e. The predicted octanol–water partition coefficient (Wildman–Crippen LogP) is 7.88. The average Bonchev–Trinajstić information content (AvgIpc) is 2.66. The second-order valence-corrected chi connectivity index (χ2v) is 9.70. The van der Waals surface area contributed by atoms with Gasteiger partial charge < -0.3 is 0 Å². The van der Waals surface area contributed by atoms with E-state index in [4.69, 9.17) is 0 Å². The Balaban J connectivity index is 1.34. The number of hydrogen-bond acceptors (Lipinski definition) is 1. The lowest BCUT2D eigenvalue weighted by Crippen LogP contribution is -2.32. The van der Waals surface area contributed by atoms with Gasteiger partial charge in [0.05, 0.1) is 6.10 Å². The van der Waals surface area contributed by atoms with Crippen LogP contribution in [0.4, 0.5) is 13.2 Å². The fourth-order valence-electron chi connectivity index (χ4n) is 6.40. The van der Waals surface area contributed by atoms with Crippen molar-refractivity contribution in [2.75, 3.05) is 0 Å². The van der Waals surface area contributed by atoms with Gasteiger partial charge in [0.25, 0.3) is 0 Å². The van der Waals surface area contributed by atoms with Crippen molar-refractivity contribution in [3.8, 4) is 0 Å². The summed E-state index contributed by atoms with van der Waals surface area (Å²) in [5.74, 6) is 4.28. The van der Waals surface area contributed by atoms with Crippen LogP contribution in [0.5, 0.6) is 0 Å². The first-order valence-electron chi connectivity index (χ1n) is 11.7. The van der Waals surface area contributed by atoms with Crippen molar-refractivity contribution < 1.29 is 17.9 Å². The Morgan fingerprint density at radius 3 is 1.48 bits per heavy atom. The van der Waals surface area contributed by atoms with Gasteiger partial charge in [-0.05, 0) is 93.8 Å². The Labute approximate surface area is 163 Å². The van der Waals surface area contributed by atoms with E-state index in [2.05, 4.69) is 11.7 Å². The molecule has 0 spiro atoms. The molecule has 0 aromatic heterocycles. The van der Waals surface area contributed by atoms with Gasteiger partial charge in [-0.25, -0.2) is 0 Å². The van der Waals surface area contributed by atoms with E-state index in [1.165, 1.54) is 70.6 Å². The lowest BCUT2D eigenvalue weighted by Gasteiger charge is -2.41. The number of rotatable bonds is 6. The minimum atomic E-state index is -4.47. The molecule has 0 radical (unpaired) electrons. The third-order valence-corrected chi connectivity index (χ3v) is 8.03. The van der Waals surface area contributed by atoms with E-state index in [1.54, 1.807) is 0 Å². The molecule has 1 nitrogen and oxygen atoms in total. The first kappa shape index (κ1) is 21.5. The highest BCUT2D eigenvalue weighted by Gasteiger charge is 2.38. The zero-order chi connectivity index (χ0) is 19.3. The lowest BCUT2D eigenvalue weighted by molar-refractivity contribution is -0.346. The SMILES string of the molecule is CCCCC1CCC(C2CCC(C3CCC(OC(F)(F)F)CC3)CC2)CC1. The molecule has 27 heavy (non-hydrogen) atoms. The summed E-state index contributed by atoms with van der Waals surface area (Å²) in [6, 6.07) is 0. The van der Waals surface area contributed by atoms with Crippen LogP contribution in [0.3, 0.4) is 0 Å². The summed E-state index contributed by atoms with van der Waals surface area (Å²) in [6.45, 7) is 2.29. The van der Waals surface area contributed by atoms with Crippen LogP contribution in [0.1, 0.15) is 103 Å². The third-order valence-electron chi connectivity index (χ3n) is 8.03. The smallest absolute Gasteiger partial charge is 0.289 e. The van der Waals surface area contributed by atoms with Gasteiger partial charge in [-0.15, -0.1) is 13.2 Å². The molecule has 0 atom stereocenters. The number of alkyl halides is 3. The number of ether oxygens (including phenoxy) is 1. The molecule has 3 fully saturated rings. The Morgan fingerprint density at radius 2 is 1.07 bits per heavy atom. The van der Waals surface area contributed by atoms with E-state index >= 15 is 0 Å². The molecular formula is C23H39F3O. The maximum absolute atomic E-state index is 12.4. The topological polar surface area (TPSA) is 9.23 Å². The minimum absolute atomic E-state index is 0.589. The maximum Gasteiger partial charge on any atom is 0.522 e. The van der Waals surface area contributed by atoms with Gasteiger partial charge >= 0.3 is 6.36 Å². The van der Waals surface area contributed by atoms with Crippen molar-refractivity contribution in [2.24, 2.45) is 29.6 Å². The second-order valence-electron chi connectivity index (χ2n) is 9.70. The fraction of sp³-hybridized carbons (Fsp3) is 1.00. The lowest BCUT2D eigenvalue weighted by atomic mass is 9.65. The highest BCUT2D eigenvalue weighted by Crippen LogP contribution is 2.46. The summed E-state index contributed by atoms with van der Waals surface area (Å²) >= 11 is 0. The van der Waals surface area contributed by atoms with Crippen LogP contribution >= 0.6 is 0 Å². The van der Waals surface area contributed by atoms with Crippen molar-refractivity contribution in [1.82, 2.24) is 0 Å². The quantitative estimate of drug-likeness (QED) is 0.449. The summed E-state index contributed by atoms with van der Waals surface area (Å²) in [4.78, 5) is 0. The van der Waals surface area contributed by atoms with Crippen LogP contribution < -0.4 is 0 Å². The molecule has 3 aliphatic carbocycles. The summed E-state index contributed by atoms with van der Waals surface area (Å²) in [5.41, 5.74) is 0. The summed E-state index contributed by atoms with van der Waals surface area (Å²) < 4.78 is 41.4. The van der Waals surface area contributed by atoms with Gasteiger partial charge in [-0.1, -0.05) is 39.0 Å². The normalized spacial score (nSPS) is 38.7. The van der Waals surface area contributed by atoms with Gasteiger partial charge in [-0.3, -0.25) is 4.74 Å². The molecular weight excluding hydrogens is 349 g/mol. The zero-order valence-corrected chi connectivity index (χ0v) is 17.1. The van der Waals surface area contributed by atoms with Gasteiger partial charge in [0, 0.05) is 0 Å². The molecule has 0 N–H and O–H groups in total. The molecule has 3 aliphatic rings. The monoisotopic (exact) mass is 388 g/mol. The molecule has 3 rings (SSSR count). The van der Waals surface area contributed by atoms with Crippen molar-refractivity contribution in [1.29, 1.82) is 0 Å². The van der Waals surface area contributed by atoms with Crippen LogP contribution in [-0.2, 0) is 4.74 Å². The van der Waals surface area contributed by atoms with E-state index in [-0.39, 0.29) is 0 Å². The highest BCUT2D eigenvalue weighted by atomic mass is 19.4. The molecule has 0 aromatic rings. The predicted molar refractivity (Wildman–Crippen MR) is 103 cm³/mol. The first-order valence-corrected chi connectivity index (χ1v) is 11.7. The van der Waals surface area contributed by atoms with E-state index < -0.39 is 12.5 Å². The van der Waals surface area contributed by atoms with Gasteiger partial charge in [0.15, 0.2) is 0 Å². The fourth-order valence-corrected chi connectivity index (χ4v) is 6.40. The molecule has 3 saturated carbocycles. The van der Waals surface area contributed by atoms with Crippen LogP contribution in [-0.4, -0.2) is 12.5 Å². The van der Waals surface area contributed by atoms with Crippen LogP contribution in [0.25, 0.3) is 0 Å². The van der Waals surface area contributed by atoms with E-state index in [0.717, 1.165) is 36.5 Å².